The average Bonchev–Trinajstić information content (AvgIpc) is 3.06. The third kappa shape index (κ3) is 2.93. The van der Waals surface area contributed by atoms with Crippen molar-refractivity contribution in [1.29, 1.82) is 0 Å². The van der Waals surface area contributed by atoms with Gasteiger partial charge >= 0.3 is 0 Å². The van der Waals surface area contributed by atoms with Gasteiger partial charge in [-0.3, -0.25) is 9.30 Å². The van der Waals surface area contributed by atoms with Crippen molar-refractivity contribution in [2.75, 3.05) is 37.6 Å². The van der Waals surface area contributed by atoms with E-state index in [0.29, 0.717) is 6.04 Å². The summed E-state index contributed by atoms with van der Waals surface area (Å²) in [5.74, 6) is 1.17. The molecule has 1 aliphatic rings. The predicted molar refractivity (Wildman–Crippen MR) is 89.4 cm³/mol. The van der Waals surface area contributed by atoms with Gasteiger partial charge in [0.2, 0.25) is 0 Å². The highest BCUT2D eigenvalue weighted by Gasteiger charge is 2.24. The Morgan fingerprint density at radius 3 is 2.71 bits per heavy atom. The van der Waals surface area contributed by atoms with Gasteiger partial charge < -0.3 is 10.2 Å². The van der Waals surface area contributed by atoms with Crippen molar-refractivity contribution >= 4 is 22.1 Å². The quantitative estimate of drug-likeness (QED) is 0.917. The highest BCUT2D eigenvalue weighted by molar-refractivity contribution is 7.15. The van der Waals surface area contributed by atoms with Gasteiger partial charge in [-0.05, 0) is 20.4 Å². The molecule has 1 saturated heterocycles. The maximum absolute atomic E-state index is 4.87. The monoisotopic (exact) mass is 307 g/mol. The maximum atomic E-state index is 4.87. The molecule has 0 aliphatic carbocycles. The van der Waals surface area contributed by atoms with Crippen LogP contribution in [0.3, 0.4) is 0 Å². The highest BCUT2D eigenvalue weighted by atomic mass is 32.1. The van der Waals surface area contributed by atoms with E-state index in [4.69, 9.17) is 4.98 Å². The van der Waals surface area contributed by atoms with Crippen LogP contribution in [0.25, 0.3) is 4.96 Å². The largest absolute Gasteiger partial charge is 0.352 e. The summed E-state index contributed by atoms with van der Waals surface area (Å²) in [6.07, 6.45) is 2.13. The van der Waals surface area contributed by atoms with E-state index in [-0.39, 0.29) is 0 Å². The van der Waals surface area contributed by atoms with Crippen molar-refractivity contribution in [2.45, 2.75) is 33.4 Å². The zero-order chi connectivity index (χ0) is 14.8. The van der Waals surface area contributed by atoms with Crippen LogP contribution in [-0.2, 0) is 6.54 Å². The summed E-state index contributed by atoms with van der Waals surface area (Å²) in [5, 5.41) is 5.56. The van der Waals surface area contributed by atoms with Crippen LogP contribution < -0.4 is 10.2 Å². The Labute approximate surface area is 130 Å². The van der Waals surface area contributed by atoms with Crippen molar-refractivity contribution in [3.05, 3.63) is 17.3 Å². The van der Waals surface area contributed by atoms with Crippen molar-refractivity contribution in [1.82, 2.24) is 19.6 Å². The number of hydrogen-bond acceptors (Lipinski definition) is 5. The molecule has 3 heterocycles. The second kappa shape index (κ2) is 6.34. The molecule has 1 fully saturated rings. The smallest absolute Gasteiger partial charge is 0.195 e. The van der Waals surface area contributed by atoms with Gasteiger partial charge in [-0.25, -0.2) is 4.98 Å². The number of nitrogens with zero attached hydrogens (tertiary/aromatic N) is 4. The van der Waals surface area contributed by atoms with Crippen molar-refractivity contribution in [2.24, 2.45) is 0 Å². The molecule has 1 N–H and O–H groups in total. The molecular weight excluding hydrogens is 282 g/mol. The molecule has 2 aromatic rings. The lowest BCUT2D eigenvalue weighted by molar-refractivity contribution is 0.209. The number of fused-ring (bicyclic) bond motifs is 1. The van der Waals surface area contributed by atoms with Gasteiger partial charge in [-0.1, -0.05) is 6.92 Å². The van der Waals surface area contributed by atoms with Crippen molar-refractivity contribution in [3.8, 4) is 0 Å². The molecule has 0 amide bonds. The first-order valence-electron chi connectivity index (χ1n) is 7.84. The second-order valence-corrected chi connectivity index (χ2v) is 6.71. The van der Waals surface area contributed by atoms with Crippen LogP contribution in [0.4, 0.5) is 5.82 Å². The summed E-state index contributed by atoms with van der Waals surface area (Å²) in [6.45, 7) is 13.0. The summed E-state index contributed by atoms with van der Waals surface area (Å²) >= 11 is 1.71. The summed E-state index contributed by atoms with van der Waals surface area (Å²) in [7, 11) is 0. The van der Waals surface area contributed by atoms with Crippen molar-refractivity contribution in [3.63, 3.8) is 0 Å². The van der Waals surface area contributed by atoms with Crippen LogP contribution in [-0.4, -0.2) is 53.1 Å². The predicted octanol–water partition coefficient (Wildman–Crippen LogP) is 2.04. The first kappa shape index (κ1) is 14.8. The number of rotatable bonds is 5. The third-order valence-corrected chi connectivity index (χ3v) is 4.98. The van der Waals surface area contributed by atoms with E-state index in [1.54, 1.807) is 11.3 Å². The normalized spacial score (nSPS) is 17.2. The molecular formula is C15H25N5S. The van der Waals surface area contributed by atoms with Gasteiger partial charge in [0.25, 0.3) is 0 Å². The zero-order valence-corrected chi connectivity index (χ0v) is 14.0. The third-order valence-electron chi connectivity index (χ3n) is 4.23. The molecule has 0 bridgehead atoms. The van der Waals surface area contributed by atoms with E-state index in [9.17, 15) is 0 Å². The van der Waals surface area contributed by atoms with E-state index in [1.807, 2.05) is 0 Å². The molecule has 116 valence electrons. The van der Waals surface area contributed by atoms with Crippen LogP contribution in [0.2, 0.25) is 0 Å². The maximum Gasteiger partial charge on any atom is 0.195 e. The Balaban J connectivity index is 1.81. The number of imidazole rings is 1. The SMILES string of the molecule is CCNCc1c(N2CCN(C(C)C)CC2)nc2sccn12. The second-order valence-electron chi connectivity index (χ2n) is 5.83. The van der Waals surface area contributed by atoms with Crippen LogP contribution >= 0.6 is 11.3 Å². The molecule has 0 aromatic carbocycles. The number of anilines is 1. The molecule has 0 spiro atoms. The minimum atomic E-state index is 0.638. The fraction of sp³-hybridized carbons (Fsp3) is 0.667. The fourth-order valence-corrected chi connectivity index (χ4v) is 3.66. The topological polar surface area (TPSA) is 35.8 Å². The Hall–Kier alpha value is -1.11. The highest BCUT2D eigenvalue weighted by Crippen LogP contribution is 2.25. The molecule has 0 unspecified atom stereocenters. The lowest BCUT2D eigenvalue weighted by Crippen LogP contribution is -2.49. The van der Waals surface area contributed by atoms with E-state index in [0.717, 1.165) is 44.2 Å². The van der Waals surface area contributed by atoms with Gasteiger partial charge in [-0.2, -0.15) is 0 Å². The fourth-order valence-electron chi connectivity index (χ4n) is 2.93. The van der Waals surface area contributed by atoms with Gasteiger partial charge in [0, 0.05) is 50.3 Å². The molecule has 0 saturated carbocycles. The first-order valence-corrected chi connectivity index (χ1v) is 8.72. The van der Waals surface area contributed by atoms with Crippen LogP contribution in [0.5, 0.6) is 0 Å². The van der Waals surface area contributed by atoms with E-state index in [1.165, 1.54) is 11.5 Å². The number of piperazine rings is 1. The molecule has 0 atom stereocenters. The lowest BCUT2D eigenvalue weighted by Gasteiger charge is -2.37. The standard InChI is InChI=1S/C15H25N5S/c1-4-16-11-13-14(17-15-20(13)9-10-21-15)19-7-5-18(6-8-19)12(2)3/h9-10,12,16H,4-8,11H2,1-3H3. The number of hydrogen-bond donors (Lipinski definition) is 1. The molecule has 21 heavy (non-hydrogen) atoms. The Bertz CT molecular complexity index is 580. The molecule has 0 radical (unpaired) electrons. The van der Waals surface area contributed by atoms with E-state index < -0.39 is 0 Å². The summed E-state index contributed by atoms with van der Waals surface area (Å²) < 4.78 is 2.23. The number of thiazole rings is 1. The minimum absolute atomic E-state index is 0.638. The minimum Gasteiger partial charge on any atom is -0.352 e. The van der Waals surface area contributed by atoms with Gasteiger partial charge in [-0.15, -0.1) is 11.3 Å². The number of nitrogens with one attached hydrogen (secondary N) is 1. The van der Waals surface area contributed by atoms with E-state index in [2.05, 4.69) is 51.9 Å². The molecule has 1 aliphatic heterocycles. The lowest BCUT2D eigenvalue weighted by atomic mass is 10.2. The van der Waals surface area contributed by atoms with Crippen LogP contribution in [0, 0.1) is 0 Å². The van der Waals surface area contributed by atoms with Crippen molar-refractivity contribution < 1.29 is 0 Å². The summed E-state index contributed by atoms with van der Waals surface area (Å²) in [6, 6.07) is 0.638. The van der Waals surface area contributed by atoms with Crippen LogP contribution in [0.15, 0.2) is 11.6 Å². The molecule has 3 rings (SSSR count). The first-order chi connectivity index (χ1) is 10.2. The zero-order valence-electron chi connectivity index (χ0n) is 13.2. The van der Waals surface area contributed by atoms with E-state index >= 15 is 0 Å². The van der Waals surface area contributed by atoms with Gasteiger partial charge in [0.1, 0.15) is 0 Å². The summed E-state index contributed by atoms with van der Waals surface area (Å²) in [5.41, 5.74) is 1.30. The Morgan fingerprint density at radius 1 is 1.29 bits per heavy atom. The Morgan fingerprint density at radius 2 is 2.05 bits per heavy atom. The average molecular weight is 307 g/mol. The van der Waals surface area contributed by atoms with Crippen LogP contribution in [0.1, 0.15) is 26.5 Å². The Kier molecular flexibility index (Phi) is 4.47. The van der Waals surface area contributed by atoms with Gasteiger partial charge in [0.05, 0.1) is 5.69 Å². The molecule has 5 nitrogen and oxygen atoms in total. The van der Waals surface area contributed by atoms with Gasteiger partial charge in [0.15, 0.2) is 10.8 Å². The summed E-state index contributed by atoms with van der Waals surface area (Å²) in [4.78, 5) is 11.0. The number of aromatic nitrogens is 2. The molecule has 2 aromatic heterocycles. The molecule has 6 heteroatoms.